The number of nitrogens with one attached hydrogen (secondary N) is 1. The van der Waals surface area contributed by atoms with Crippen molar-refractivity contribution < 1.29 is 9.90 Å². The lowest BCUT2D eigenvalue weighted by molar-refractivity contribution is 0.0365. The van der Waals surface area contributed by atoms with E-state index < -0.39 is 5.60 Å². The maximum Gasteiger partial charge on any atom is 0.272 e. The fraction of sp³-hybridized carbons (Fsp3) is 0.500. The zero-order valence-electron chi connectivity index (χ0n) is 10.7. The van der Waals surface area contributed by atoms with Gasteiger partial charge >= 0.3 is 0 Å². The second kappa shape index (κ2) is 5.14. The van der Waals surface area contributed by atoms with E-state index in [-0.39, 0.29) is 12.5 Å². The first-order valence-electron chi connectivity index (χ1n) is 5.45. The minimum atomic E-state index is -0.912. The molecule has 0 spiro atoms. The van der Waals surface area contributed by atoms with Crippen molar-refractivity contribution >= 4 is 11.6 Å². The summed E-state index contributed by atoms with van der Waals surface area (Å²) in [6.45, 7) is 3.58. The first kappa shape index (κ1) is 13.4. The van der Waals surface area contributed by atoms with E-state index in [0.717, 1.165) is 5.69 Å². The van der Waals surface area contributed by atoms with Crippen molar-refractivity contribution in [3.63, 3.8) is 0 Å². The fourth-order valence-electron chi connectivity index (χ4n) is 1.55. The van der Waals surface area contributed by atoms with Crippen LogP contribution in [0.2, 0.25) is 0 Å². The molecule has 0 radical (unpaired) electrons. The smallest absolute Gasteiger partial charge is 0.272 e. The predicted octanol–water partition coefficient (Wildman–Crippen LogP) is 0.966. The third kappa shape index (κ3) is 4.03. The van der Waals surface area contributed by atoms with E-state index in [9.17, 15) is 9.90 Å². The minimum absolute atomic E-state index is 0.204. The number of aromatic nitrogens is 1. The molecule has 1 aromatic heterocycles. The fourth-order valence-corrected chi connectivity index (χ4v) is 1.55. The first-order chi connectivity index (χ1) is 7.83. The van der Waals surface area contributed by atoms with Crippen molar-refractivity contribution in [3.05, 3.63) is 24.0 Å². The van der Waals surface area contributed by atoms with Crippen LogP contribution < -0.4 is 5.32 Å². The van der Waals surface area contributed by atoms with Gasteiger partial charge in [-0.05, 0) is 26.0 Å². The number of nitrogens with zero attached hydrogens (tertiary/aromatic N) is 2. The summed E-state index contributed by atoms with van der Waals surface area (Å²) < 4.78 is 0. The summed E-state index contributed by atoms with van der Waals surface area (Å²) in [5.74, 6) is -0.204. The molecule has 0 aliphatic carbocycles. The van der Waals surface area contributed by atoms with E-state index >= 15 is 0 Å². The molecular weight excluding hydrogens is 218 g/mol. The molecule has 1 heterocycles. The summed E-state index contributed by atoms with van der Waals surface area (Å²) in [6, 6.07) is 3.47. The lowest BCUT2D eigenvalue weighted by atomic mass is 10.1. The largest absolute Gasteiger partial charge is 0.389 e. The minimum Gasteiger partial charge on any atom is -0.389 e. The van der Waals surface area contributed by atoms with Crippen LogP contribution in [0.15, 0.2) is 18.3 Å². The molecule has 1 rings (SSSR count). The normalized spacial score (nSPS) is 11.1. The van der Waals surface area contributed by atoms with Gasteiger partial charge in [-0.1, -0.05) is 0 Å². The van der Waals surface area contributed by atoms with E-state index in [1.807, 2.05) is 0 Å². The molecule has 94 valence electrons. The average Bonchev–Trinajstić information content (AvgIpc) is 2.26. The third-order valence-corrected chi connectivity index (χ3v) is 2.24. The quantitative estimate of drug-likeness (QED) is 0.819. The van der Waals surface area contributed by atoms with Gasteiger partial charge in [-0.2, -0.15) is 0 Å². The highest BCUT2D eigenvalue weighted by Gasteiger charge is 2.21. The van der Waals surface area contributed by atoms with Gasteiger partial charge in [0.05, 0.1) is 5.60 Å². The van der Waals surface area contributed by atoms with Crippen LogP contribution in [0, 0.1) is 0 Å². The molecule has 5 heteroatoms. The number of likely N-dealkylation sites (N-methyl/N-ethyl adjacent to an activating group) is 1. The lowest BCUT2D eigenvalue weighted by Crippen LogP contribution is -2.40. The molecule has 17 heavy (non-hydrogen) atoms. The molecule has 0 saturated heterocycles. The van der Waals surface area contributed by atoms with Crippen LogP contribution in [0.4, 0.5) is 5.69 Å². The lowest BCUT2D eigenvalue weighted by Gasteiger charge is -2.25. The molecule has 0 aliphatic heterocycles. The van der Waals surface area contributed by atoms with E-state index in [2.05, 4.69) is 10.3 Å². The van der Waals surface area contributed by atoms with Crippen LogP contribution in [0.1, 0.15) is 24.3 Å². The van der Waals surface area contributed by atoms with Gasteiger partial charge in [-0.15, -0.1) is 0 Å². The summed E-state index contributed by atoms with van der Waals surface area (Å²) in [5, 5.41) is 12.6. The van der Waals surface area contributed by atoms with E-state index in [1.54, 1.807) is 46.3 Å². The zero-order chi connectivity index (χ0) is 13.1. The Morgan fingerprint density at radius 1 is 1.59 bits per heavy atom. The number of aliphatic hydroxyl groups is 1. The molecule has 5 nitrogen and oxygen atoms in total. The van der Waals surface area contributed by atoms with Crippen LogP contribution in [-0.2, 0) is 0 Å². The topological polar surface area (TPSA) is 65.5 Å². The van der Waals surface area contributed by atoms with Crippen molar-refractivity contribution in [2.45, 2.75) is 19.4 Å². The van der Waals surface area contributed by atoms with Gasteiger partial charge in [-0.3, -0.25) is 9.78 Å². The van der Waals surface area contributed by atoms with Gasteiger partial charge in [0.25, 0.3) is 5.91 Å². The van der Waals surface area contributed by atoms with Gasteiger partial charge in [0.2, 0.25) is 0 Å². The number of carbonyl (C=O) groups excluding carboxylic acids is 1. The number of pyridine rings is 1. The van der Waals surface area contributed by atoms with Crippen molar-refractivity contribution in [3.8, 4) is 0 Å². The predicted molar refractivity (Wildman–Crippen MR) is 67.0 cm³/mol. The molecule has 1 amide bonds. The second-order valence-corrected chi connectivity index (χ2v) is 4.65. The van der Waals surface area contributed by atoms with Crippen molar-refractivity contribution in [2.24, 2.45) is 0 Å². The molecule has 0 aliphatic rings. The molecule has 0 unspecified atom stereocenters. The van der Waals surface area contributed by atoms with Crippen molar-refractivity contribution in [1.82, 2.24) is 9.88 Å². The Morgan fingerprint density at radius 3 is 2.76 bits per heavy atom. The number of anilines is 1. The van der Waals surface area contributed by atoms with Crippen LogP contribution in [-0.4, -0.2) is 47.1 Å². The summed E-state index contributed by atoms with van der Waals surface area (Å²) in [7, 11) is 3.43. The zero-order valence-corrected chi connectivity index (χ0v) is 10.7. The van der Waals surface area contributed by atoms with Crippen molar-refractivity contribution in [1.29, 1.82) is 0 Å². The monoisotopic (exact) mass is 237 g/mol. The summed E-state index contributed by atoms with van der Waals surface area (Å²) in [4.78, 5) is 17.5. The second-order valence-electron chi connectivity index (χ2n) is 4.65. The average molecular weight is 237 g/mol. The molecule has 0 aromatic carbocycles. The number of hydrogen-bond donors (Lipinski definition) is 2. The number of hydrogen-bond acceptors (Lipinski definition) is 4. The summed E-state index contributed by atoms with van der Waals surface area (Å²) >= 11 is 0. The van der Waals surface area contributed by atoms with E-state index in [1.165, 1.54) is 4.90 Å². The molecule has 0 saturated carbocycles. The maximum atomic E-state index is 12.0. The molecular formula is C12H19N3O2. The third-order valence-electron chi connectivity index (χ3n) is 2.24. The van der Waals surface area contributed by atoms with Gasteiger partial charge in [0.15, 0.2) is 0 Å². The Kier molecular flexibility index (Phi) is 4.07. The van der Waals surface area contributed by atoms with Crippen molar-refractivity contribution in [2.75, 3.05) is 26.0 Å². The highest BCUT2D eigenvalue weighted by molar-refractivity contribution is 5.93. The van der Waals surface area contributed by atoms with Crippen LogP contribution in [0.25, 0.3) is 0 Å². The molecule has 0 bridgehead atoms. The molecule has 1 aromatic rings. The van der Waals surface area contributed by atoms with E-state index in [0.29, 0.717) is 5.69 Å². The molecule has 2 N–H and O–H groups in total. The SMILES string of the molecule is CNc1ccnc(C(=O)N(C)CC(C)(C)O)c1. The Bertz CT molecular complexity index is 399. The number of carbonyl (C=O) groups is 1. The first-order valence-corrected chi connectivity index (χ1v) is 5.45. The maximum absolute atomic E-state index is 12.0. The Labute approximate surface area is 101 Å². The van der Waals surface area contributed by atoms with Gasteiger partial charge < -0.3 is 15.3 Å². The summed E-state index contributed by atoms with van der Waals surface area (Å²) in [6.07, 6.45) is 1.58. The van der Waals surface area contributed by atoms with Gasteiger partial charge in [0.1, 0.15) is 5.69 Å². The van der Waals surface area contributed by atoms with Crippen LogP contribution in [0.3, 0.4) is 0 Å². The van der Waals surface area contributed by atoms with Crippen LogP contribution >= 0.6 is 0 Å². The van der Waals surface area contributed by atoms with Crippen LogP contribution in [0.5, 0.6) is 0 Å². The standard InChI is InChI=1S/C12H19N3O2/c1-12(2,17)8-15(4)11(16)10-7-9(13-3)5-6-14-10/h5-7,17H,8H2,1-4H3,(H,13,14). The van der Waals surface area contributed by atoms with Gasteiger partial charge in [0, 0.05) is 32.5 Å². The Hall–Kier alpha value is -1.62. The Morgan fingerprint density at radius 2 is 2.24 bits per heavy atom. The molecule has 0 atom stereocenters. The number of rotatable bonds is 4. The summed E-state index contributed by atoms with van der Waals surface area (Å²) in [5.41, 5.74) is 0.286. The van der Waals surface area contributed by atoms with Gasteiger partial charge in [-0.25, -0.2) is 0 Å². The highest BCUT2D eigenvalue weighted by Crippen LogP contribution is 2.10. The van der Waals surface area contributed by atoms with E-state index in [4.69, 9.17) is 0 Å². The number of amides is 1. The highest BCUT2D eigenvalue weighted by atomic mass is 16.3. The molecule has 0 fully saturated rings. The Balaban J connectivity index is 2.81.